The molecule has 2 rings (SSSR count). The molecular formula is C25H40N4O4S. The number of carbonyl (C=O) groups excluding carboxylic acids is 2. The predicted octanol–water partition coefficient (Wildman–Crippen LogP) is 6.05. The molecule has 2 amide bonds. The van der Waals surface area contributed by atoms with E-state index in [1.54, 1.807) is 41.5 Å². The van der Waals surface area contributed by atoms with E-state index in [9.17, 15) is 9.59 Å². The molecule has 34 heavy (non-hydrogen) atoms. The Hall–Kier alpha value is -2.42. The van der Waals surface area contributed by atoms with Crippen LogP contribution in [0.15, 0.2) is 23.2 Å². The summed E-state index contributed by atoms with van der Waals surface area (Å²) < 4.78 is 11.1. The summed E-state index contributed by atoms with van der Waals surface area (Å²) in [5.41, 5.74) is 6.93. The molecular weight excluding hydrogens is 452 g/mol. The quantitative estimate of drug-likeness (QED) is 0.395. The fourth-order valence-corrected chi connectivity index (χ4v) is 3.99. The van der Waals surface area contributed by atoms with Gasteiger partial charge in [-0.15, -0.1) is 0 Å². The predicted molar refractivity (Wildman–Crippen MR) is 140 cm³/mol. The van der Waals surface area contributed by atoms with Gasteiger partial charge >= 0.3 is 12.2 Å². The number of imide groups is 1. The van der Waals surface area contributed by atoms with E-state index in [2.05, 4.69) is 9.89 Å². The van der Waals surface area contributed by atoms with Gasteiger partial charge in [0.25, 0.3) is 0 Å². The highest BCUT2D eigenvalue weighted by Crippen LogP contribution is 2.30. The van der Waals surface area contributed by atoms with Gasteiger partial charge in [-0.1, -0.05) is 18.7 Å². The molecule has 1 aromatic rings. The molecule has 190 valence electrons. The van der Waals surface area contributed by atoms with E-state index >= 15 is 0 Å². The van der Waals surface area contributed by atoms with E-state index < -0.39 is 23.4 Å². The maximum atomic E-state index is 13.1. The second kappa shape index (κ2) is 11.8. The fraction of sp³-hybridized carbons (Fsp3) is 0.640. The van der Waals surface area contributed by atoms with Crippen molar-refractivity contribution in [1.29, 1.82) is 0 Å². The second-order valence-electron chi connectivity index (χ2n) is 10.3. The van der Waals surface area contributed by atoms with Crippen LogP contribution >= 0.6 is 11.8 Å². The summed E-state index contributed by atoms with van der Waals surface area (Å²) in [6.45, 7) is 14.4. The number of thioether (sulfide) groups is 1. The zero-order chi connectivity index (χ0) is 25.5. The summed E-state index contributed by atoms with van der Waals surface area (Å²) >= 11 is 1.46. The zero-order valence-electron chi connectivity index (χ0n) is 21.6. The summed E-state index contributed by atoms with van der Waals surface area (Å²) in [4.78, 5) is 33.9. The molecule has 0 spiro atoms. The highest BCUT2D eigenvalue weighted by atomic mass is 32.2. The van der Waals surface area contributed by atoms with Gasteiger partial charge in [0, 0.05) is 18.8 Å². The number of ether oxygens (including phenoxy) is 2. The number of piperidine rings is 1. The Morgan fingerprint density at radius 1 is 1.03 bits per heavy atom. The normalized spacial score (nSPS) is 15.1. The molecule has 8 nitrogen and oxygen atoms in total. The van der Waals surface area contributed by atoms with Crippen LogP contribution in [0.5, 0.6) is 0 Å². The molecule has 0 aromatic heterocycles. The van der Waals surface area contributed by atoms with Crippen molar-refractivity contribution in [2.45, 2.75) is 85.5 Å². The number of hydrogen-bond donors (Lipinski definition) is 1. The highest BCUT2D eigenvalue weighted by Gasteiger charge is 2.32. The van der Waals surface area contributed by atoms with Gasteiger partial charge < -0.3 is 20.1 Å². The van der Waals surface area contributed by atoms with Crippen LogP contribution in [0.25, 0.3) is 0 Å². The second-order valence-corrected chi connectivity index (χ2v) is 11.6. The number of rotatable bonds is 5. The van der Waals surface area contributed by atoms with Gasteiger partial charge in [0.2, 0.25) is 0 Å². The average molecular weight is 493 g/mol. The first-order valence-electron chi connectivity index (χ1n) is 11.9. The molecule has 0 bridgehead atoms. The van der Waals surface area contributed by atoms with Crippen molar-refractivity contribution < 1.29 is 19.1 Å². The number of aliphatic imine (C=N–C) groups is 1. The Kier molecular flexibility index (Phi) is 9.67. The summed E-state index contributed by atoms with van der Waals surface area (Å²) in [6.07, 6.45) is 1.89. The molecule has 9 heteroatoms. The first-order valence-corrected chi connectivity index (χ1v) is 12.9. The first-order chi connectivity index (χ1) is 15.8. The Bertz CT molecular complexity index is 856. The molecule has 0 unspecified atom stereocenters. The van der Waals surface area contributed by atoms with E-state index in [1.807, 2.05) is 25.1 Å². The van der Waals surface area contributed by atoms with Crippen LogP contribution in [-0.4, -0.2) is 52.3 Å². The monoisotopic (exact) mass is 492 g/mol. The lowest BCUT2D eigenvalue weighted by Gasteiger charge is -2.33. The van der Waals surface area contributed by atoms with Gasteiger partial charge in [0.1, 0.15) is 11.2 Å². The third-order valence-corrected chi connectivity index (χ3v) is 5.52. The van der Waals surface area contributed by atoms with Crippen LogP contribution in [0, 0.1) is 0 Å². The van der Waals surface area contributed by atoms with Crippen molar-refractivity contribution in [2.75, 3.05) is 23.7 Å². The Balaban J connectivity index is 2.48. The van der Waals surface area contributed by atoms with Gasteiger partial charge in [0.05, 0.1) is 12.2 Å². The number of nitrogens with zero attached hydrogens (tertiary/aromatic N) is 3. The maximum absolute atomic E-state index is 13.1. The van der Waals surface area contributed by atoms with Crippen LogP contribution in [-0.2, 0) is 16.0 Å². The van der Waals surface area contributed by atoms with Crippen LogP contribution in [0.3, 0.4) is 0 Å². The lowest BCUT2D eigenvalue weighted by atomic mass is 10.1. The molecule has 1 aliphatic heterocycles. The number of amides is 2. The van der Waals surface area contributed by atoms with Crippen molar-refractivity contribution in [3.05, 3.63) is 23.8 Å². The summed E-state index contributed by atoms with van der Waals surface area (Å²) in [6, 6.07) is 5.79. The van der Waals surface area contributed by atoms with E-state index in [0.29, 0.717) is 10.9 Å². The largest absolute Gasteiger partial charge is 0.443 e. The molecule has 1 aliphatic rings. The molecule has 1 heterocycles. The summed E-state index contributed by atoms with van der Waals surface area (Å²) in [5, 5.41) is 0.468. The number of hydrogen-bond acceptors (Lipinski definition) is 7. The smallest absolute Gasteiger partial charge is 0.420 e. The Morgan fingerprint density at radius 2 is 1.59 bits per heavy atom. The van der Waals surface area contributed by atoms with Crippen LogP contribution in [0.1, 0.15) is 73.3 Å². The van der Waals surface area contributed by atoms with E-state index in [0.717, 1.165) is 47.8 Å². The number of benzene rings is 1. The molecule has 1 aromatic carbocycles. The zero-order valence-corrected chi connectivity index (χ0v) is 22.5. The third kappa shape index (κ3) is 9.08. The van der Waals surface area contributed by atoms with Crippen molar-refractivity contribution in [2.24, 2.45) is 10.7 Å². The molecule has 2 N–H and O–H groups in total. The van der Waals surface area contributed by atoms with Gasteiger partial charge in [-0.2, -0.15) is 0 Å². The topological polar surface area (TPSA) is 97.5 Å². The third-order valence-electron chi connectivity index (χ3n) is 4.85. The van der Waals surface area contributed by atoms with Gasteiger partial charge in [-0.05, 0) is 90.3 Å². The molecule has 1 fully saturated rings. The molecule has 1 saturated heterocycles. The molecule has 0 saturated carbocycles. The average Bonchev–Trinajstić information content (AvgIpc) is 2.70. The van der Waals surface area contributed by atoms with Crippen molar-refractivity contribution in [1.82, 2.24) is 4.90 Å². The lowest BCUT2D eigenvalue weighted by molar-refractivity contribution is -0.000222. The van der Waals surface area contributed by atoms with Crippen LogP contribution < -0.4 is 10.6 Å². The Labute approximate surface area is 208 Å². The number of amidine groups is 1. The van der Waals surface area contributed by atoms with Gasteiger partial charge in [-0.3, -0.25) is 0 Å². The van der Waals surface area contributed by atoms with Gasteiger partial charge in [-0.25, -0.2) is 19.5 Å². The van der Waals surface area contributed by atoms with E-state index in [4.69, 9.17) is 15.2 Å². The maximum Gasteiger partial charge on any atom is 0.420 e. The van der Waals surface area contributed by atoms with Crippen molar-refractivity contribution in [3.8, 4) is 0 Å². The van der Waals surface area contributed by atoms with Gasteiger partial charge in [0.15, 0.2) is 5.17 Å². The Morgan fingerprint density at radius 3 is 2.09 bits per heavy atom. The van der Waals surface area contributed by atoms with Crippen molar-refractivity contribution >= 4 is 40.5 Å². The molecule has 0 aliphatic carbocycles. The molecule has 0 radical (unpaired) electrons. The fourth-order valence-electron chi connectivity index (χ4n) is 3.53. The highest BCUT2D eigenvalue weighted by molar-refractivity contribution is 8.13. The number of carbonyl (C=O) groups is 2. The minimum atomic E-state index is -0.759. The summed E-state index contributed by atoms with van der Waals surface area (Å²) in [7, 11) is 0. The lowest BCUT2D eigenvalue weighted by Crippen LogP contribution is -2.43. The van der Waals surface area contributed by atoms with Crippen LogP contribution in [0.4, 0.5) is 21.0 Å². The number of nitrogens with two attached hydrogens (primary N) is 1. The summed E-state index contributed by atoms with van der Waals surface area (Å²) in [5.74, 6) is 0.819. The SMILES string of the molecule is CCSC(N)=Nc1ccc(N2CCCCC2)c(CN(C(=O)OC(C)(C)C)C(=O)OC(C)(C)C)c1. The van der Waals surface area contributed by atoms with Crippen LogP contribution in [0.2, 0.25) is 0 Å². The standard InChI is InChI=1S/C25H40N4O4S/c1-8-34-21(26)27-19-12-13-20(28-14-10-9-11-15-28)18(16-19)17-29(22(30)32-24(2,3)4)23(31)33-25(5,6)7/h12-13,16H,8-11,14-15,17H2,1-7H3,(H2,26,27). The first kappa shape index (κ1) is 27.8. The van der Waals surface area contributed by atoms with Crippen molar-refractivity contribution in [3.63, 3.8) is 0 Å². The minimum absolute atomic E-state index is 0.000153. The number of anilines is 1. The minimum Gasteiger partial charge on any atom is -0.443 e. The molecule has 0 atom stereocenters. The van der Waals surface area contributed by atoms with E-state index in [1.165, 1.54) is 18.2 Å². The van der Waals surface area contributed by atoms with E-state index in [-0.39, 0.29) is 6.54 Å².